The number of amides is 1. The number of piperidine rings is 1. The smallest absolute Gasteiger partial charge is 0.243 e. The van der Waals surface area contributed by atoms with Crippen LogP contribution in [0, 0.1) is 5.92 Å². The molecule has 0 aromatic heterocycles. The average molecular weight is 516 g/mol. The van der Waals surface area contributed by atoms with E-state index in [0.29, 0.717) is 24.9 Å². The van der Waals surface area contributed by atoms with E-state index in [1.165, 1.54) is 28.6 Å². The zero-order chi connectivity index (χ0) is 21.9. The van der Waals surface area contributed by atoms with Crippen LogP contribution in [0.4, 0.5) is 0 Å². The van der Waals surface area contributed by atoms with Gasteiger partial charge in [-0.3, -0.25) is 4.79 Å². The van der Waals surface area contributed by atoms with Crippen LogP contribution in [0.2, 0.25) is 0 Å². The van der Waals surface area contributed by atoms with Crippen LogP contribution in [0.3, 0.4) is 0 Å². The number of nitrogens with two attached hydrogens (primary N) is 1. The summed E-state index contributed by atoms with van der Waals surface area (Å²) in [4.78, 5) is 12.8. The maximum atomic E-state index is 12.9. The topological polar surface area (TPSA) is 127 Å². The molecule has 0 spiro atoms. The second-order valence-electron chi connectivity index (χ2n) is 7.06. The van der Waals surface area contributed by atoms with Crippen LogP contribution in [0.15, 0.2) is 62.8 Å². The Morgan fingerprint density at radius 2 is 1.63 bits per heavy atom. The predicted molar refractivity (Wildman–Crippen MR) is 115 cm³/mol. The first-order valence-corrected chi connectivity index (χ1v) is 13.0. The van der Waals surface area contributed by atoms with Gasteiger partial charge in [-0.05, 0) is 54.8 Å². The monoisotopic (exact) mass is 515 g/mol. The quantitative estimate of drug-likeness (QED) is 0.606. The number of benzene rings is 2. The first-order chi connectivity index (χ1) is 14.1. The van der Waals surface area contributed by atoms with Crippen molar-refractivity contribution in [1.29, 1.82) is 0 Å². The first kappa shape index (κ1) is 22.9. The minimum Gasteiger partial charge on any atom is -0.352 e. The van der Waals surface area contributed by atoms with E-state index in [2.05, 4.69) is 21.2 Å². The lowest BCUT2D eigenvalue weighted by atomic mass is 9.99. The van der Waals surface area contributed by atoms with Crippen LogP contribution in [0.1, 0.15) is 18.4 Å². The summed E-state index contributed by atoms with van der Waals surface area (Å²) in [6.07, 6.45) is 1.19. The summed E-state index contributed by atoms with van der Waals surface area (Å²) in [5, 5.41) is 7.87. The molecular weight excluding hydrogens is 494 g/mol. The van der Waals surface area contributed by atoms with Crippen molar-refractivity contribution in [2.75, 3.05) is 13.1 Å². The van der Waals surface area contributed by atoms with Crippen molar-refractivity contribution in [3.05, 3.63) is 58.6 Å². The highest BCUT2D eigenvalue weighted by Crippen LogP contribution is 2.25. The van der Waals surface area contributed by atoms with Gasteiger partial charge < -0.3 is 5.32 Å². The molecule has 0 bridgehead atoms. The number of hydrogen-bond acceptors (Lipinski definition) is 5. The number of rotatable bonds is 6. The first-order valence-electron chi connectivity index (χ1n) is 9.22. The number of primary sulfonamides is 1. The number of carbonyl (C=O) groups excluding carboxylic acids is 1. The van der Waals surface area contributed by atoms with E-state index in [4.69, 9.17) is 5.14 Å². The Hall–Kier alpha value is -1.79. The zero-order valence-corrected chi connectivity index (χ0v) is 19.2. The molecule has 0 saturated carbocycles. The Kier molecular flexibility index (Phi) is 6.98. The summed E-state index contributed by atoms with van der Waals surface area (Å²) in [6, 6.07) is 12.3. The molecule has 1 heterocycles. The van der Waals surface area contributed by atoms with Gasteiger partial charge in [-0.15, -0.1) is 0 Å². The van der Waals surface area contributed by atoms with Gasteiger partial charge in [0.15, 0.2) is 0 Å². The number of nitrogens with zero attached hydrogens (tertiary/aromatic N) is 1. The molecule has 1 amide bonds. The lowest BCUT2D eigenvalue weighted by Crippen LogP contribution is -2.45. The Balaban J connectivity index is 1.62. The summed E-state index contributed by atoms with van der Waals surface area (Å²) in [5.74, 6) is -0.686. The Morgan fingerprint density at radius 1 is 1.03 bits per heavy atom. The maximum absolute atomic E-state index is 12.9. The van der Waals surface area contributed by atoms with Gasteiger partial charge in [-0.2, -0.15) is 4.31 Å². The molecule has 162 valence electrons. The molecule has 1 saturated heterocycles. The molecule has 2 aromatic rings. The molecule has 30 heavy (non-hydrogen) atoms. The number of sulfonamides is 2. The van der Waals surface area contributed by atoms with E-state index in [0.717, 1.165) is 4.47 Å². The van der Waals surface area contributed by atoms with Gasteiger partial charge in [0.25, 0.3) is 0 Å². The third-order valence-corrected chi connectivity index (χ3v) is 8.26. The maximum Gasteiger partial charge on any atom is 0.243 e. The number of halogens is 1. The van der Waals surface area contributed by atoms with Crippen molar-refractivity contribution in [2.24, 2.45) is 11.1 Å². The molecule has 1 fully saturated rings. The fraction of sp³-hybridized carbons (Fsp3) is 0.316. The van der Waals surface area contributed by atoms with E-state index in [1.54, 1.807) is 24.3 Å². The summed E-state index contributed by atoms with van der Waals surface area (Å²) < 4.78 is 50.5. The second-order valence-corrected chi connectivity index (χ2v) is 11.5. The van der Waals surface area contributed by atoms with Crippen LogP contribution in [0.5, 0.6) is 0 Å². The van der Waals surface area contributed by atoms with Gasteiger partial charge in [0.2, 0.25) is 26.0 Å². The van der Waals surface area contributed by atoms with Crippen LogP contribution in [0.25, 0.3) is 0 Å². The molecule has 3 N–H and O–H groups in total. The summed E-state index contributed by atoms with van der Waals surface area (Å²) in [7, 11) is -7.43. The highest BCUT2D eigenvalue weighted by atomic mass is 79.9. The Labute approximate surface area is 184 Å². The standard InChI is InChI=1S/C19H22BrN3O5S2/c20-16-5-9-18(10-6-16)30(27,28)23-11-1-2-15(13-23)19(24)22-12-14-3-7-17(8-4-14)29(21,25)26/h3-10,15H,1-2,11-13H2,(H,22,24)(H2,21,25,26)/t15-/m0/s1. The summed E-state index contributed by atoms with van der Waals surface area (Å²) in [6.45, 7) is 0.700. The van der Waals surface area contributed by atoms with Gasteiger partial charge in [-0.1, -0.05) is 28.1 Å². The van der Waals surface area contributed by atoms with Gasteiger partial charge in [-0.25, -0.2) is 22.0 Å². The predicted octanol–water partition coefficient (Wildman–Crippen LogP) is 1.81. The minimum absolute atomic E-state index is 0.00125. The number of hydrogen-bond donors (Lipinski definition) is 2. The molecule has 2 aromatic carbocycles. The second kappa shape index (κ2) is 9.15. The highest BCUT2D eigenvalue weighted by Gasteiger charge is 2.33. The third kappa shape index (κ3) is 5.46. The fourth-order valence-corrected chi connectivity index (χ4v) is 5.56. The molecule has 11 heteroatoms. The Morgan fingerprint density at radius 3 is 2.23 bits per heavy atom. The largest absolute Gasteiger partial charge is 0.352 e. The molecule has 1 aliphatic heterocycles. The van der Waals surface area contributed by atoms with Gasteiger partial charge in [0.1, 0.15) is 0 Å². The van der Waals surface area contributed by atoms with Crippen LogP contribution < -0.4 is 10.5 Å². The molecule has 0 aliphatic carbocycles. The van der Waals surface area contributed by atoms with Crippen molar-refractivity contribution in [3.63, 3.8) is 0 Å². The molecule has 0 unspecified atom stereocenters. The molecular formula is C19H22BrN3O5S2. The Bertz CT molecular complexity index is 1120. The van der Waals surface area contributed by atoms with E-state index >= 15 is 0 Å². The average Bonchev–Trinajstić information content (AvgIpc) is 2.72. The van der Waals surface area contributed by atoms with E-state index in [9.17, 15) is 21.6 Å². The lowest BCUT2D eigenvalue weighted by molar-refractivity contribution is -0.126. The van der Waals surface area contributed by atoms with Gasteiger partial charge in [0.05, 0.1) is 15.7 Å². The fourth-order valence-electron chi connectivity index (χ4n) is 3.26. The van der Waals surface area contributed by atoms with Crippen LogP contribution in [-0.4, -0.2) is 40.1 Å². The van der Waals surface area contributed by atoms with Crippen LogP contribution >= 0.6 is 15.9 Å². The number of nitrogens with one attached hydrogen (secondary N) is 1. The molecule has 3 rings (SSSR count). The number of carbonyl (C=O) groups is 1. The zero-order valence-electron chi connectivity index (χ0n) is 16.0. The molecule has 1 aliphatic rings. The van der Waals surface area contributed by atoms with E-state index in [1.807, 2.05) is 0 Å². The molecule has 1 atom stereocenters. The third-order valence-electron chi connectivity index (χ3n) is 4.92. The van der Waals surface area contributed by atoms with Gasteiger partial charge in [0, 0.05) is 24.1 Å². The van der Waals surface area contributed by atoms with Crippen LogP contribution in [-0.2, 0) is 31.4 Å². The normalized spacial score (nSPS) is 18.1. The SMILES string of the molecule is NS(=O)(=O)c1ccc(CNC(=O)[C@H]2CCCN(S(=O)(=O)c3ccc(Br)cc3)C2)cc1. The van der Waals surface area contributed by atoms with Crippen molar-refractivity contribution in [3.8, 4) is 0 Å². The van der Waals surface area contributed by atoms with Crippen molar-refractivity contribution in [1.82, 2.24) is 9.62 Å². The van der Waals surface area contributed by atoms with E-state index in [-0.39, 0.29) is 28.8 Å². The minimum atomic E-state index is -3.77. The lowest BCUT2D eigenvalue weighted by Gasteiger charge is -2.31. The molecule has 0 radical (unpaired) electrons. The molecule has 8 nitrogen and oxygen atoms in total. The van der Waals surface area contributed by atoms with Gasteiger partial charge >= 0.3 is 0 Å². The van der Waals surface area contributed by atoms with Crippen molar-refractivity contribution >= 4 is 41.9 Å². The highest BCUT2D eigenvalue weighted by molar-refractivity contribution is 9.10. The summed E-state index contributed by atoms with van der Waals surface area (Å²) >= 11 is 3.29. The van der Waals surface area contributed by atoms with Crippen molar-refractivity contribution < 1.29 is 21.6 Å². The van der Waals surface area contributed by atoms with Crippen molar-refractivity contribution in [2.45, 2.75) is 29.2 Å². The van der Waals surface area contributed by atoms with E-state index < -0.39 is 26.0 Å². The summed E-state index contributed by atoms with van der Waals surface area (Å²) in [5.41, 5.74) is 0.714.